The van der Waals surface area contributed by atoms with Crippen molar-refractivity contribution >= 4 is 5.91 Å². The third-order valence-corrected chi connectivity index (χ3v) is 4.48. The van der Waals surface area contributed by atoms with Crippen molar-refractivity contribution in [2.75, 3.05) is 13.7 Å². The zero-order valence-electron chi connectivity index (χ0n) is 13.9. The van der Waals surface area contributed by atoms with Crippen LogP contribution in [0.2, 0.25) is 0 Å². The second-order valence-corrected chi connectivity index (χ2v) is 5.90. The summed E-state index contributed by atoms with van der Waals surface area (Å²) < 4.78 is 10.8. The quantitative estimate of drug-likeness (QED) is 0.869. The van der Waals surface area contributed by atoms with Crippen molar-refractivity contribution in [3.63, 3.8) is 0 Å². The Morgan fingerprint density at radius 2 is 1.91 bits per heavy atom. The van der Waals surface area contributed by atoms with Gasteiger partial charge in [-0.25, -0.2) is 0 Å². The molecule has 1 aliphatic carbocycles. The van der Waals surface area contributed by atoms with Gasteiger partial charge in [0.25, 0.3) is 5.91 Å². The van der Waals surface area contributed by atoms with Gasteiger partial charge in [-0.1, -0.05) is 13.3 Å². The molecule has 0 spiro atoms. The minimum atomic E-state index is -0.0266. The van der Waals surface area contributed by atoms with Gasteiger partial charge in [-0.15, -0.1) is 0 Å². The Morgan fingerprint density at radius 1 is 1.18 bits per heavy atom. The molecule has 1 aromatic carbocycles. The zero-order valence-corrected chi connectivity index (χ0v) is 13.9. The highest BCUT2D eigenvalue weighted by Gasteiger charge is 2.22. The molecule has 0 radical (unpaired) electrons. The van der Waals surface area contributed by atoms with Crippen LogP contribution in [0.5, 0.6) is 11.5 Å². The molecule has 122 valence electrons. The largest absolute Gasteiger partial charge is 0.493 e. The zero-order chi connectivity index (χ0) is 15.9. The minimum Gasteiger partial charge on any atom is -0.493 e. The number of hydrogen-bond acceptors (Lipinski definition) is 3. The van der Waals surface area contributed by atoms with Gasteiger partial charge >= 0.3 is 0 Å². The molecule has 0 bridgehead atoms. The first-order valence-corrected chi connectivity index (χ1v) is 8.29. The summed E-state index contributed by atoms with van der Waals surface area (Å²) in [4.78, 5) is 12.4. The number of methoxy groups -OCH3 is 1. The minimum absolute atomic E-state index is 0.0266. The lowest BCUT2D eigenvalue weighted by Crippen LogP contribution is -2.37. The van der Waals surface area contributed by atoms with Gasteiger partial charge in [0, 0.05) is 11.6 Å². The van der Waals surface area contributed by atoms with Gasteiger partial charge < -0.3 is 14.8 Å². The van der Waals surface area contributed by atoms with E-state index in [4.69, 9.17) is 9.47 Å². The summed E-state index contributed by atoms with van der Waals surface area (Å²) in [6, 6.07) is 5.64. The Balaban J connectivity index is 1.98. The van der Waals surface area contributed by atoms with Gasteiger partial charge in [0.1, 0.15) is 0 Å². The number of ether oxygens (including phenoxy) is 2. The SMILES string of the molecule is CCOc1ccc(C(=O)NC2CCC(CC)CC2)cc1OC. The summed E-state index contributed by atoms with van der Waals surface area (Å²) in [6.07, 6.45) is 5.84. The second-order valence-electron chi connectivity index (χ2n) is 5.90. The lowest BCUT2D eigenvalue weighted by molar-refractivity contribution is 0.0921. The average Bonchev–Trinajstić information content (AvgIpc) is 2.56. The first-order chi connectivity index (χ1) is 10.7. The molecule has 0 saturated heterocycles. The summed E-state index contributed by atoms with van der Waals surface area (Å²) in [6.45, 7) is 4.74. The molecule has 2 rings (SSSR count). The van der Waals surface area contributed by atoms with Crippen LogP contribution in [0.1, 0.15) is 56.3 Å². The molecular formula is C18H27NO3. The van der Waals surface area contributed by atoms with Gasteiger partial charge in [0.15, 0.2) is 11.5 Å². The van der Waals surface area contributed by atoms with Crippen molar-refractivity contribution in [2.24, 2.45) is 5.92 Å². The maximum absolute atomic E-state index is 12.4. The first-order valence-electron chi connectivity index (χ1n) is 8.29. The third kappa shape index (κ3) is 4.15. The standard InChI is InChI=1S/C18H27NO3/c1-4-13-6-9-15(10-7-13)19-18(20)14-8-11-16(22-5-2)17(12-14)21-3/h8,11-13,15H,4-7,9-10H2,1-3H3,(H,19,20). The lowest BCUT2D eigenvalue weighted by Gasteiger charge is -2.28. The first kappa shape index (κ1) is 16.7. The number of nitrogens with one attached hydrogen (secondary N) is 1. The summed E-state index contributed by atoms with van der Waals surface area (Å²) in [5.74, 6) is 2.08. The molecule has 1 fully saturated rings. The lowest BCUT2D eigenvalue weighted by atomic mass is 9.84. The van der Waals surface area contributed by atoms with E-state index in [-0.39, 0.29) is 5.91 Å². The Hall–Kier alpha value is -1.71. The number of benzene rings is 1. The van der Waals surface area contributed by atoms with E-state index in [1.165, 1.54) is 19.3 Å². The van der Waals surface area contributed by atoms with E-state index in [1.54, 1.807) is 25.3 Å². The molecule has 0 aliphatic heterocycles. The predicted molar refractivity (Wildman–Crippen MR) is 87.7 cm³/mol. The van der Waals surface area contributed by atoms with E-state index >= 15 is 0 Å². The van der Waals surface area contributed by atoms with Crippen LogP contribution < -0.4 is 14.8 Å². The molecule has 4 heteroatoms. The molecule has 1 N–H and O–H groups in total. The van der Waals surface area contributed by atoms with Crippen LogP contribution in [0.3, 0.4) is 0 Å². The highest BCUT2D eigenvalue weighted by molar-refractivity contribution is 5.95. The molecule has 0 heterocycles. The maximum Gasteiger partial charge on any atom is 0.251 e. The second kappa shape index (κ2) is 8.06. The summed E-state index contributed by atoms with van der Waals surface area (Å²) in [5, 5.41) is 3.15. The normalized spacial score (nSPS) is 21.2. The summed E-state index contributed by atoms with van der Waals surface area (Å²) >= 11 is 0. The van der Waals surface area contributed by atoms with E-state index < -0.39 is 0 Å². The number of carbonyl (C=O) groups excluding carboxylic acids is 1. The molecule has 1 amide bonds. The fraction of sp³-hybridized carbons (Fsp3) is 0.611. The molecule has 1 aliphatic rings. The van der Waals surface area contributed by atoms with Crippen LogP contribution in [-0.2, 0) is 0 Å². The van der Waals surface area contributed by atoms with E-state index in [0.717, 1.165) is 18.8 Å². The fourth-order valence-corrected chi connectivity index (χ4v) is 3.07. The van der Waals surface area contributed by atoms with E-state index in [1.807, 2.05) is 6.92 Å². The van der Waals surface area contributed by atoms with E-state index in [2.05, 4.69) is 12.2 Å². The molecule has 1 aromatic rings. The van der Waals surface area contributed by atoms with Gasteiger partial charge in [0.05, 0.1) is 13.7 Å². The average molecular weight is 305 g/mol. The van der Waals surface area contributed by atoms with Gasteiger partial charge in [-0.3, -0.25) is 4.79 Å². The van der Waals surface area contributed by atoms with Crippen LogP contribution in [0, 0.1) is 5.92 Å². The van der Waals surface area contributed by atoms with Crippen LogP contribution in [0.4, 0.5) is 0 Å². The van der Waals surface area contributed by atoms with Crippen LogP contribution in [0.15, 0.2) is 18.2 Å². The Morgan fingerprint density at radius 3 is 2.50 bits per heavy atom. The molecule has 0 unspecified atom stereocenters. The van der Waals surface area contributed by atoms with Crippen LogP contribution >= 0.6 is 0 Å². The molecule has 4 nitrogen and oxygen atoms in total. The van der Waals surface area contributed by atoms with Crippen molar-refractivity contribution in [1.82, 2.24) is 5.32 Å². The molecule has 0 aromatic heterocycles. The Labute approximate surface area is 133 Å². The Kier molecular flexibility index (Phi) is 6.10. The molecule has 1 saturated carbocycles. The van der Waals surface area contributed by atoms with Crippen LogP contribution in [0.25, 0.3) is 0 Å². The summed E-state index contributed by atoms with van der Waals surface area (Å²) in [7, 11) is 1.59. The number of rotatable bonds is 6. The predicted octanol–water partition coefficient (Wildman–Crippen LogP) is 3.79. The van der Waals surface area contributed by atoms with Gasteiger partial charge in [-0.2, -0.15) is 0 Å². The highest BCUT2D eigenvalue weighted by atomic mass is 16.5. The smallest absolute Gasteiger partial charge is 0.251 e. The highest BCUT2D eigenvalue weighted by Crippen LogP contribution is 2.29. The molecule has 22 heavy (non-hydrogen) atoms. The van der Waals surface area contributed by atoms with E-state index in [0.29, 0.717) is 29.7 Å². The van der Waals surface area contributed by atoms with Gasteiger partial charge in [0.2, 0.25) is 0 Å². The Bertz CT molecular complexity index is 493. The van der Waals surface area contributed by atoms with Crippen molar-refractivity contribution in [3.05, 3.63) is 23.8 Å². The van der Waals surface area contributed by atoms with Gasteiger partial charge in [-0.05, 0) is 56.7 Å². The van der Waals surface area contributed by atoms with Crippen molar-refractivity contribution in [2.45, 2.75) is 52.0 Å². The number of amides is 1. The van der Waals surface area contributed by atoms with Crippen molar-refractivity contribution in [1.29, 1.82) is 0 Å². The van der Waals surface area contributed by atoms with Crippen LogP contribution in [-0.4, -0.2) is 25.7 Å². The summed E-state index contributed by atoms with van der Waals surface area (Å²) in [5.41, 5.74) is 0.623. The van der Waals surface area contributed by atoms with Crippen molar-refractivity contribution < 1.29 is 14.3 Å². The van der Waals surface area contributed by atoms with E-state index in [9.17, 15) is 4.79 Å². The third-order valence-electron chi connectivity index (χ3n) is 4.48. The van der Waals surface area contributed by atoms with Crippen molar-refractivity contribution in [3.8, 4) is 11.5 Å². The fourth-order valence-electron chi connectivity index (χ4n) is 3.07. The topological polar surface area (TPSA) is 47.6 Å². The monoisotopic (exact) mass is 305 g/mol. The molecule has 0 atom stereocenters. The number of carbonyl (C=O) groups is 1. The number of hydrogen-bond donors (Lipinski definition) is 1. The maximum atomic E-state index is 12.4. The molecular weight excluding hydrogens is 278 g/mol.